The van der Waals surface area contributed by atoms with Crippen LogP contribution in [-0.4, -0.2) is 55.1 Å². The molecular weight excluding hydrogens is 186 g/mol. The Morgan fingerprint density at radius 2 is 1.60 bits per heavy atom. The minimum atomic E-state index is 0.318. The Labute approximate surface area is 94.6 Å². The molecule has 0 aromatic heterocycles. The summed E-state index contributed by atoms with van der Waals surface area (Å²) in [6.07, 6.45) is 1.27. The Hall–Kier alpha value is -0.120. The Kier molecular flexibility index (Phi) is 5.58. The van der Waals surface area contributed by atoms with Gasteiger partial charge in [-0.1, -0.05) is 13.8 Å². The smallest absolute Gasteiger partial charge is 0.0110 e. The van der Waals surface area contributed by atoms with E-state index in [0.717, 1.165) is 6.54 Å². The van der Waals surface area contributed by atoms with E-state index in [1.165, 1.54) is 39.1 Å². The Morgan fingerprint density at radius 3 is 2.07 bits per heavy atom. The predicted octanol–water partition coefficient (Wildman–Crippen LogP) is 0.997. The lowest BCUT2D eigenvalue weighted by Crippen LogP contribution is -2.48. The van der Waals surface area contributed by atoms with E-state index in [-0.39, 0.29) is 0 Å². The Morgan fingerprint density at radius 1 is 1.07 bits per heavy atom. The highest BCUT2D eigenvalue weighted by atomic mass is 15.3. The van der Waals surface area contributed by atoms with E-state index < -0.39 is 0 Å². The summed E-state index contributed by atoms with van der Waals surface area (Å²) in [5.74, 6) is 0.614. The second-order valence-electron chi connectivity index (χ2n) is 4.98. The van der Waals surface area contributed by atoms with Gasteiger partial charge in [-0.15, -0.1) is 0 Å². The molecule has 1 fully saturated rings. The van der Waals surface area contributed by atoms with Gasteiger partial charge in [0.2, 0.25) is 0 Å². The van der Waals surface area contributed by atoms with Crippen LogP contribution in [0.4, 0.5) is 0 Å². The molecule has 1 saturated heterocycles. The fourth-order valence-electron chi connectivity index (χ4n) is 2.09. The Balaban J connectivity index is 2.19. The fourth-order valence-corrected chi connectivity index (χ4v) is 2.09. The summed E-state index contributed by atoms with van der Waals surface area (Å²) in [6.45, 7) is 14.0. The van der Waals surface area contributed by atoms with Gasteiger partial charge in [-0.3, -0.25) is 0 Å². The van der Waals surface area contributed by atoms with Crippen LogP contribution in [0.15, 0.2) is 0 Å². The predicted molar refractivity (Wildman–Crippen MR) is 66.0 cm³/mol. The molecule has 3 nitrogen and oxygen atoms in total. The molecule has 1 aliphatic heterocycles. The zero-order chi connectivity index (χ0) is 11.3. The highest BCUT2D eigenvalue weighted by molar-refractivity contribution is 4.75. The molecule has 15 heavy (non-hydrogen) atoms. The molecule has 1 rings (SSSR count). The van der Waals surface area contributed by atoms with E-state index >= 15 is 0 Å². The normalized spacial score (nSPS) is 24.0. The Bertz CT molecular complexity index is 162. The van der Waals surface area contributed by atoms with Crippen LogP contribution in [-0.2, 0) is 0 Å². The number of rotatable bonds is 5. The lowest BCUT2D eigenvalue weighted by molar-refractivity contribution is 0.117. The number of nitrogens with zero attached hydrogens (tertiary/aromatic N) is 2. The third kappa shape index (κ3) is 4.49. The summed E-state index contributed by atoms with van der Waals surface area (Å²) < 4.78 is 0. The summed E-state index contributed by atoms with van der Waals surface area (Å²) in [6, 6.07) is 0.318. The molecule has 0 aliphatic carbocycles. The lowest BCUT2D eigenvalue weighted by Gasteiger charge is -2.36. The molecule has 1 heterocycles. The van der Waals surface area contributed by atoms with Crippen LogP contribution in [0, 0.1) is 5.92 Å². The molecule has 0 amide bonds. The van der Waals surface area contributed by atoms with Crippen molar-refractivity contribution in [3.8, 4) is 0 Å². The van der Waals surface area contributed by atoms with Crippen molar-refractivity contribution in [3.63, 3.8) is 0 Å². The molecule has 90 valence electrons. The van der Waals surface area contributed by atoms with Gasteiger partial charge in [-0.25, -0.2) is 0 Å². The van der Waals surface area contributed by atoms with Crippen molar-refractivity contribution in [3.05, 3.63) is 0 Å². The molecule has 0 spiro atoms. The van der Waals surface area contributed by atoms with Gasteiger partial charge in [0.15, 0.2) is 0 Å². The van der Waals surface area contributed by atoms with Crippen molar-refractivity contribution in [2.75, 3.05) is 39.3 Å². The topological polar surface area (TPSA) is 32.5 Å². The minimum absolute atomic E-state index is 0.318. The van der Waals surface area contributed by atoms with Crippen LogP contribution in [0.1, 0.15) is 27.2 Å². The van der Waals surface area contributed by atoms with Crippen LogP contribution in [0.5, 0.6) is 0 Å². The molecule has 1 aliphatic rings. The molecule has 2 atom stereocenters. The van der Waals surface area contributed by atoms with E-state index in [4.69, 9.17) is 5.73 Å². The van der Waals surface area contributed by atoms with Crippen LogP contribution in [0.2, 0.25) is 0 Å². The zero-order valence-electron chi connectivity index (χ0n) is 10.6. The van der Waals surface area contributed by atoms with E-state index in [1.807, 2.05) is 0 Å². The summed E-state index contributed by atoms with van der Waals surface area (Å²) >= 11 is 0. The maximum absolute atomic E-state index is 5.89. The van der Waals surface area contributed by atoms with E-state index in [9.17, 15) is 0 Å². The van der Waals surface area contributed by atoms with Crippen molar-refractivity contribution in [1.29, 1.82) is 0 Å². The largest absolute Gasteiger partial charge is 0.328 e. The lowest BCUT2D eigenvalue weighted by atomic mass is 10.0. The first-order valence-corrected chi connectivity index (χ1v) is 6.33. The highest BCUT2D eigenvalue weighted by Gasteiger charge is 2.18. The minimum Gasteiger partial charge on any atom is -0.328 e. The molecule has 0 radical (unpaired) electrons. The van der Waals surface area contributed by atoms with Crippen molar-refractivity contribution in [2.45, 2.75) is 33.2 Å². The van der Waals surface area contributed by atoms with Gasteiger partial charge in [0.1, 0.15) is 0 Å². The average molecular weight is 213 g/mol. The van der Waals surface area contributed by atoms with E-state index in [0.29, 0.717) is 12.0 Å². The van der Waals surface area contributed by atoms with Gasteiger partial charge in [-0.05, 0) is 25.8 Å². The van der Waals surface area contributed by atoms with Gasteiger partial charge in [0.25, 0.3) is 0 Å². The fraction of sp³-hybridized carbons (Fsp3) is 1.00. The third-order valence-electron chi connectivity index (χ3n) is 3.45. The monoisotopic (exact) mass is 213 g/mol. The standard InChI is InChI=1S/C12H27N3/c1-4-5-14-6-8-15(9-7-14)10-11(2)12(3)13/h11-12H,4-10,13H2,1-3H3. The molecule has 0 aromatic carbocycles. The van der Waals surface area contributed by atoms with Crippen LogP contribution >= 0.6 is 0 Å². The summed E-state index contributed by atoms with van der Waals surface area (Å²) in [4.78, 5) is 5.12. The van der Waals surface area contributed by atoms with Crippen molar-refractivity contribution >= 4 is 0 Å². The summed E-state index contributed by atoms with van der Waals surface area (Å²) in [5.41, 5.74) is 5.89. The molecule has 3 heteroatoms. The maximum atomic E-state index is 5.89. The average Bonchev–Trinajstić information content (AvgIpc) is 2.21. The molecule has 0 aromatic rings. The molecular formula is C12H27N3. The first-order valence-electron chi connectivity index (χ1n) is 6.33. The SMILES string of the molecule is CCCN1CCN(CC(C)C(C)N)CC1. The number of hydrogen-bond acceptors (Lipinski definition) is 3. The summed E-state index contributed by atoms with van der Waals surface area (Å²) in [5, 5.41) is 0. The molecule has 0 saturated carbocycles. The van der Waals surface area contributed by atoms with Crippen LogP contribution < -0.4 is 5.73 Å². The van der Waals surface area contributed by atoms with Gasteiger partial charge in [0.05, 0.1) is 0 Å². The van der Waals surface area contributed by atoms with Gasteiger partial charge < -0.3 is 15.5 Å². The van der Waals surface area contributed by atoms with Crippen LogP contribution in [0.25, 0.3) is 0 Å². The number of nitrogens with two attached hydrogens (primary N) is 1. The molecule has 2 unspecified atom stereocenters. The van der Waals surface area contributed by atoms with Gasteiger partial charge in [-0.2, -0.15) is 0 Å². The molecule has 2 N–H and O–H groups in total. The summed E-state index contributed by atoms with van der Waals surface area (Å²) in [7, 11) is 0. The first-order chi connectivity index (χ1) is 7.13. The number of piperazine rings is 1. The zero-order valence-corrected chi connectivity index (χ0v) is 10.6. The number of hydrogen-bond donors (Lipinski definition) is 1. The van der Waals surface area contributed by atoms with Gasteiger partial charge in [0, 0.05) is 38.8 Å². The van der Waals surface area contributed by atoms with Crippen molar-refractivity contribution in [2.24, 2.45) is 11.7 Å². The molecule has 0 bridgehead atoms. The van der Waals surface area contributed by atoms with E-state index in [2.05, 4.69) is 30.6 Å². The van der Waals surface area contributed by atoms with E-state index in [1.54, 1.807) is 0 Å². The van der Waals surface area contributed by atoms with Crippen molar-refractivity contribution in [1.82, 2.24) is 9.80 Å². The van der Waals surface area contributed by atoms with Crippen molar-refractivity contribution < 1.29 is 0 Å². The van der Waals surface area contributed by atoms with Gasteiger partial charge >= 0.3 is 0 Å². The highest BCUT2D eigenvalue weighted by Crippen LogP contribution is 2.07. The third-order valence-corrected chi connectivity index (χ3v) is 3.45. The maximum Gasteiger partial charge on any atom is 0.0110 e. The first kappa shape index (κ1) is 12.9. The second kappa shape index (κ2) is 6.46. The quantitative estimate of drug-likeness (QED) is 0.739. The second-order valence-corrected chi connectivity index (χ2v) is 4.98. The van der Waals surface area contributed by atoms with Crippen LogP contribution in [0.3, 0.4) is 0 Å².